The summed E-state index contributed by atoms with van der Waals surface area (Å²) >= 11 is 0. The molecule has 0 aromatic carbocycles. The van der Waals surface area contributed by atoms with Gasteiger partial charge in [-0.1, -0.05) is 26.2 Å². The first-order valence-corrected chi connectivity index (χ1v) is 7.03. The molecule has 102 valence electrons. The van der Waals surface area contributed by atoms with Gasteiger partial charge in [-0.3, -0.25) is 4.79 Å². The maximum atomic E-state index is 11.8. The first kappa shape index (κ1) is 13.4. The molecule has 2 aliphatic rings. The number of ether oxygens (including phenoxy) is 2. The van der Waals surface area contributed by atoms with E-state index >= 15 is 0 Å². The Balaban J connectivity index is 1.67. The van der Waals surface area contributed by atoms with Gasteiger partial charge < -0.3 is 9.47 Å². The summed E-state index contributed by atoms with van der Waals surface area (Å²) in [7, 11) is 0. The van der Waals surface area contributed by atoms with Crippen molar-refractivity contribution in [3.8, 4) is 0 Å². The number of carbonyl (C=O) groups excluding carboxylic acids is 2. The molecule has 2 rings (SSSR count). The average Bonchev–Trinajstić information content (AvgIpc) is 3.20. The van der Waals surface area contributed by atoms with Crippen LogP contribution in [-0.2, 0) is 19.1 Å². The molecule has 0 aromatic rings. The van der Waals surface area contributed by atoms with E-state index in [4.69, 9.17) is 9.47 Å². The molecule has 0 radical (unpaired) electrons. The molecule has 1 atom stereocenters. The Morgan fingerprint density at radius 1 is 1.11 bits per heavy atom. The first-order valence-electron chi connectivity index (χ1n) is 7.03. The van der Waals surface area contributed by atoms with Crippen molar-refractivity contribution in [3.63, 3.8) is 0 Å². The van der Waals surface area contributed by atoms with E-state index in [0.29, 0.717) is 5.92 Å². The summed E-state index contributed by atoms with van der Waals surface area (Å²) in [6.07, 6.45) is 7.83. The second-order valence-corrected chi connectivity index (χ2v) is 5.48. The number of hydrogen-bond donors (Lipinski definition) is 0. The van der Waals surface area contributed by atoms with Crippen molar-refractivity contribution in [2.45, 2.75) is 58.0 Å². The summed E-state index contributed by atoms with van der Waals surface area (Å²) < 4.78 is 10.1. The molecule has 2 fully saturated rings. The smallest absolute Gasteiger partial charge is 0.344 e. The second kappa shape index (κ2) is 6.21. The van der Waals surface area contributed by atoms with Crippen molar-refractivity contribution in [1.29, 1.82) is 0 Å². The molecule has 0 heterocycles. The molecule has 2 saturated carbocycles. The van der Waals surface area contributed by atoms with Gasteiger partial charge in [-0.25, -0.2) is 4.79 Å². The Morgan fingerprint density at radius 3 is 2.39 bits per heavy atom. The third kappa shape index (κ3) is 4.00. The van der Waals surface area contributed by atoms with Crippen molar-refractivity contribution < 1.29 is 19.1 Å². The average molecular weight is 254 g/mol. The van der Waals surface area contributed by atoms with E-state index in [1.807, 2.05) is 6.92 Å². The van der Waals surface area contributed by atoms with E-state index < -0.39 is 5.97 Å². The van der Waals surface area contributed by atoms with Crippen molar-refractivity contribution in [2.24, 2.45) is 11.8 Å². The van der Waals surface area contributed by atoms with Crippen LogP contribution < -0.4 is 0 Å². The zero-order valence-electron chi connectivity index (χ0n) is 11.0. The lowest BCUT2D eigenvalue weighted by atomic mass is 9.81. The van der Waals surface area contributed by atoms with Gasteiger partial charge in [-0.05, 0) is 31.6 Å². The molecule has 4 nitrogen and oxygen atoms in total. The van der Waals surface area contributed by atoms with Gasteiger partial charge in [-0.2, -0.15) is 0 Å². The minimum absolute atomic E-state index is 0.0759. The molecule has 0 amide bonds. The molecule has 0 N–H and O–H groups in total. The van der Waals surface area contributed by atoms with Gasteiger partial charge in [0.05, 0.1) is 5.92 Å². The number of esters is 2. The van der Waals surface area contributed by atoms with Gasteiger partial charge in [-0.15, -0.1) is 0 Å². The lowest BCUT2D eigenvalue weighted by molar-refractivity contribution is -0.163. The summed E-state index contributed by atoms with van der Waals surface area (Å²) in [6, 6.07) is 0. The highest BCUT2D eigenvalue weighted by Crippen LogP contribution is 2.30. The maximum absolute atomic E-state index is 11.8. The van der Waals surface area contributed by atoms with Crippen LogP contribution in [0.25, 0.3) is 0 Å². The van der Waals surface area contributed by atoms with Gasteiger partial charge in [0.25, 0.3) is 0 Å². The minimum Gasteiger partial charge on any atom is -0.460 e. The first-order chi connectivity index (χ1) is 8.66. The predicted octanol–water partition coefficient (Wildman–Crippen LogP) is 2.45. The highest BCUT2D eigenvalue weighted by molar-refractivity contribution is 5.77. The third-order valence-electron chi connectivity index (χ3n) is 3.88. The van der Waals surface area contributed by atoms with Gasteiger partial charge in [0.15, 0.2) is 6.61 Å². The van der Waals surface area contributed by atoms with E-state index in [1.54, 1.807) is 0 Å². The Kier molecular flexibility index (Phi) is 4.61. The molecular weight excluding hydrogens is 232 g/mol. The van der Waals surface area contributed by atoms with Crippen LogP contribution in [0.4, 0.5) is 0 Å². The number of hydrogen-bond acceptors (Lipinski definition) is 4. The molecule has 4 heteroatoms. The molecule has 0 aromatic heterocycles. The largest absolute Gasteiger partial charge is 0.460 e. The summed E-state index contributed by atoms with van der Waals surface area (Å²) in [5.41, 5.74) is 0. The lowest BCUT2D eigenvalue weighted by Crippen LogP contribution is -2.27. The zero-order chi connectivity index (χ0) is 13.0. The normalized spacial score (nSPS) is 22.3. The van der Waals surface area contributed by atoms with Gasteiger partial charge in [0.2, 0.25) is 0 Å². The standard InChI is InChI=1S/C14H22O4/c1-10(11-5-3-2-4-6-11)14(16)17-9-13(15)18-12-7-8-12/h10-12H,2-9H2,1H3. The van der Waals surface area contributed by atoms with Crippen LogP contribution in [0.3, 0.4) is 0 Å². The van der Waals surface area contributed by atoms with Gasteiger partial charge in [0, 0.05) is 0 Å². The summed E-state index contributed by atoms with van der Waals surface area (Å²) in [4.78, 5) is 23.1. The fraction of sp³-hybridized carbons (Fsp3) is 0.857. The molecule has 0 saturated heterocycles. The Hall–Kier alpha value is -1.06. The number of carbonyl (C=O) groups is 2. The van der Waals surface area contributed by atoms with E-state index in [-0.39, 0.29) is 24.6 Å². The monoisotopic (exact) mass is 254 g/mol. The highest BCUT2D eigenvalue weighted by Gasteiger charge is 2.29. The van der Waals surface area contributed by atoms with Crippen molar-refractivity contribution >= 4 is 11.9 Å². The maximum Gasteiger partial charge on any atom is 0.344 e. The van der Waals surface area contributed by atoms with Crippen LogP contribution in [-0.4, -0.2) is 24.6 Å². The van der Waals surface area contributed by atoms with Crippen molar-refractivity contribution in [3.05, 3.63) is 0 Å². The van der Waals surface area contributed by atoms with Crippen molar-refractivity contribution in [1.82, 2.24) is 0 Å². The van der Waals surface area contributed by atoms with Crippen LogP contribution in [0.2, 0.25) is 0 Å². The van der Waals surface area contributed by atoms with E-state index in [9.17, 15) is 9.59 Å². The predicted molar refractivity (Wildman–Crippen MR) is 65.8 cm³/mol. The summed E-state index contributed by atoms with van der Waals surface area (Å²) in [6.45, 7) is 1.68. The van der Waals surface area contributed by atoms with E-state index in [1.165, 1.54) is 19.3 Å². The van der Waals surface area contributed by atoms with Crippen molar-refractivity contribution in [2.75, 3.05) is 6.61 Å². The SMILES string of the molecule is CC(C(=O)OCC(=O)OC1CC1)C1CCCCC1. The fourth-order valence-corrected chi connectivity index (χ4v) is 2.49. The Labute approximate surface area is 108 Å². The second-order valence-electron chi connectivity index (χ2n) is 5.48. The van der Waals surface area contributed by atoms with E-state index in [0.717, 1.165) is 25.7 Å². The Morgan fingerprint density at radius 2 is 1.78 bits per heavy atom. The minimum atomic E-state index is -0.415. The molecule has 1 unspecified atom stereocenters. The molecule has 18 heavy (non-hydrogen) atoms. The zero-order valence-corrected chi connectivity index (χ0v) is 11.0. The van der Waals surface area contributed by atoms with Crippen LogP contribution in [0.1, 0.15) is 51.9 Å². The summed E-state index contributed by atoms with van der Waals surface area (Å²) in [5, 5.41) is 0. The van der Waals surface area contributed by atoms with Gasteiger partial charge >= 0.3 is 11.9 Å². The van der Waals surface area contributed by atoms with Crippen LogP contribution >= 0.6 is 0 Å². The lowest BCUT2D eigenvalue weighted by Gasteiger charge is -2.26. The fourth-order valence-electron chi connectivity index (χ4n) is 2.49. The van der Waals surface area contributed by atoms with Crippen LogP contribution in [0, 0.1) is 11.8 Å². The van der Waals surface area contributed by atoms with Crippen LogP contribution in [0.15, 0.2) is 0 Å². The molecule has 0 spiro atoms. The topological polar surface area (TPSA) is 52.6 Å². The van der Waals surface area contributed by atoms with E-state index in [2.05, 4.69) is 0 Å². The summed E-state index contributed by atoms with van der Waals surface area (Å²) in [5.74, 6) is -0.346. The van der Waals surface area contributed by atoms with Crippen LogP contribution in [0.5, 0.6) is 0 Å². The molecular formula is C14H22O4. The molecule has 0 aliphatic heterocycles. The highest BCUT2D eigenvalue weighted by atomic mass is 16.6. The quantitative estimate of drug-likeness (QED) is 0.707. The van der Waals surface area contributed by atoms with Gasteiger partial charge in [0.1, 0.15) is 6.10 Å². The number of rotatable bonds is 5. The molecule has 2 aliphatic carbocycles. The third-order valence-corrected chi connectivity index (χ3v) is 3.88. The Bertz CT molecular complexity index is 303. The molecule has 0 bridgehead atoms.